The van der Waals surface area contributed by atoms with Crippen molar-refractivity contribution >= 4 is 11.8 Å². The minimum Gasteiger partial charge on any atom is -0.352 e. The van der Waals surface area contributed by atoms with Crippen LogP contribution in [0, 0.1) is 0 Å². The van der Waals surface area contributed by atoms with Crippen molar-refractivity contribution in [2.75, 3.05) is 13.1 Å². The van der Waals surface area contributed by atoms with Crippen LogP contribution < -0.4 is 5.32 Å². The molecule has 1 aromatic rings. The van der Waals surface area contributed by atoms with Gasteiger partial charge in [-0.1, -0.05) is 12.1 Å². The molecule has 0 aromatic heterocycles. The molecule has 1 fully saturated rings. The fourth-order valence-electron chi connectivity index (χ4n) is 1.69. The number of benzene rings is 1. The molecule has 0 bridgehead atoms. The van der Waals surface area contributed by atoms with Gasteiger partial charge >= 0.3 is 0 Å². The molecule has 1 saturated heterocycles. The number of hydrogen-bond acceptors (Lipinski definition) is 2. The summed E-state index contributed by atoms with van der Waals surface area (Å²) in [4.78, 5) is 24.5. The molecule has 17 heavy (non-hydrogen) atoms. The minimum absolute atomic E-state index is 0.0502. The molecule has 2 rings (SSSR count). The van der Waals surface area contributed by atoms with Crippen molar-refractivity contribution in [1.82, 2.24) is 10.2 Å². The molecule has 1 heterocycles. The Kier molecular flexibility index (Phi) is 3.42. The molecule has 0 spiro atoms. The summed E-state index contributed by atoms with van der Waals surface area (Å²) < 4.78 is 0. The number of rotatable bonds is 3. The molecular weight excluding hydrogens is 216 g/mol. The predicted octanol–water partition coefficient (Wildman–Crippen LogP) is 1.17. The van der Waals surface area contributed by atoms with Crippen LogP contribution in [0.25, 0.3) is 0 Å². The van der Waals surface area contributed by atoms with Crippen LogP contribution in [0.3, 0.4) is 0 Å². The Hall–Kier alpha value is -1.84. The van der Waals surface area contributed by atoms with E-state index in [1.807, 2.05) is 29.2 Å². The van der Waals surface area contributed by atoms with E-state index < -0.39 is 0 Å². The van der Waals surface area contributed by atoms with E-state index in [-0.39, 0.29) is 11.8 Å². The molecule has 1 aromatic carbocycles. The summed E-state index contributed by atoms with van der Waals surface area (Å²) in [5, 5.41) is 2.72. The molecule has 4 heteroatoms. The third-order valence-corrected chi connectivity index (χ3v) is 2.89. The topological polar surface area (TPSA) is 49.4 Å². The molecule has 2 amide bonds. The van der Waals surface area contributed by atoms with Gasteiger partial charge in [-0.15, -0.1) is 0 Å². The van der Waals surface area contributed by atoms with Crippen LogP contribution in [0.2, 0.25) is 0 Å². The van der Waals surface area contributed by atoms with Gasteiger partial charge < -0.3 is 10.2 Å². The summed E-state index contributed by atoms with van der Waals surface area (Å²) in [6.07, 6.45) is 1.10. The number of likely N-dealkylation sites (tertiary alicyclic amines) is 1. The largest absolute Gasteiger partial charge is 0.352 e. The number of carbonyl (C=O) groups excluding carboxylic acids is 2. The highest BCUT2D eigenvalue weighted by Gasteiger charge is 2.21. The second kappa shape index (κ2) is 4.99. The van der Waals surface area contributed by atoms with Gasteiger partial charge in [0.1, 0.15) is 0 Å². The second-order valence-corrected chi connectivity index (χ2v) is 4.25. The van der Waals surface area contributed by atoms with Crippen molar-refractivity contribution in [3.63, 3.8) is 0 Å². The molecule has 1 aliphatic heterocycles. The lowest BCUT2D eigenvalue weighted by molar-refractivity contribution is -0.119. The van der Waals surface area contributed by atoms with Gasteiger partial charge in [-0.2, -0.15) is 0 Å². The summed E-state index contributed by atoms with van der Waals surface area (Å²) >= 11 is 0. The normalized spacial score (nSPS) is 14.1. The number of hydrogen-bond donors (Lipinski definition) is 1. The van der Waals surface area contributed by atoms with Gasteiger partial charge in [0.15, 0.2) is 0 Å². The fourth-order valence-corrected chi connectivity index (χ4v) is 1.69. The zero-order valence-corrected chi connectivity index (χ0v) is 9.90. The van der Waals surface area contributed by atoms with Gasteiger partial charge in [-0.05, 0) is 24.1 Å². The number of carbonyl (C=O) groups is 2. The lowest BCUT2D eigenvalue weighted by Gasteiger charge is -2.30. The van der Waals surface area contributed by atoms with Crippen LogP contribution in [0.1, 0.15) is 29.3 Å². The molecule has 0 unspecified atom stereocenters. The summed E-state index contributed by atoms with van der Waals surface area (Å²) in [7, 11) is 0. The molecule has 0 aliphatic carbocycles. The molecule has 0 saturated carbocycles. The Morgan fingerprint density at radius 2 is 1.88 bits per heavy atom. The monoisotopic (exact) mass is 232 g/mol. The van der Waals surface area contributed by atoms with E-state index in [0.29, 0.717) is 6.54 Å². The SMILES string of the molecule is CC(=O)NCc1ccc(C(=O)N2CCC2)cc1. The molecule has 0 radical (unpaired) electrons. The third kappa shape index (κ3) is 2.84. The van der Waals surface area contributed by atoms with Gasteiger partial charge in [0.05, 0.1) is 0 Å². The summed E-state index contributed by atoms with van der Waals surface area (Å²) in [5.74, 6) is 0.0491. The Balaban J connectivity index is 1.97. The maximum absolute atomic E-state index is 11.9. The van der Waals surface area contributed by atoms with E-state index in [4.69, 9.17) is 0 Å². The van der Waals surface area contributed by atoms with Gasteiger partial charge in [0.25, 0.3) is 5.91 Å². The maximum atomic E-state index is 11.9. The van der Waals surface area contributed by atoms with E-state index >= 15 is 0 Å². The molecule has 4 nitrogen and oxygen atoms in total. The van der Waals surface area contributed by atoms with E-state index in [1.54, 1.807) is 0 Å². The van der Waals surface area contributed by atoms with Crippen LogP contribution in [0.5, 0.6) is 0 Å². The number of amides is 2. The number of nitrogens with zero attached hydrogens (tertiary/aromatic N) is 1. The first kappa shape index (κ1) is 11.6. The third-order valence-electron chi connectivity index (χ3n) is 2.89. The fraction of sp³-hybridized carbons (Fsp3) is 0.385. The van der Waals surface area contributed by atoms with Gasteiger partial charge in [0, 0.05) is 32.1 Å². The van der Waals surface area contributed by atoms with Crippen molar-refractivity contribution < 1.29 is 9.59 Å². The first-order valence-electron chi connectivity index (χ1n) is 5.79. The van der Waals surface area contributed by atoms with Crippen molar-refractivity contribution in [3.8, 4) is 0 Å². The van der Waals surface area contributed by atoms with Crippen molar-refractivity contribution in [3.05, 3.63) is 35.4 Å². The van der Waals surface area contributed by atoms with Gasteiger partial charge in [-0.25, -0.2) is 0 Å². The van der Waals surface area contributed by atoms with Crippen molar-refractivity contribution in [2.45, 2.75) is 19.9 Å². The first-order chi connectivity index (χ1) is 8.16. The minimum atomic E-state index is -0.0502. The Morgan fingerprint density at radius 1 is 1.24 bits per heavy atom. The Labute approximate surface area is 101 Å². The molecule has 1 N–H and O–H groups in total. The predicted molar refractivity (Wildman–Crippen MR) is 64.5 cm³/mol. The lowest BCUT2D eigenvalue weighted by atomic mass is 10.1. The molecule has 90 valence electrons. The van der Waals surface area contributed by atoms with Crippen molar-refractivity contribution in [2.24, 2.45) is 0 Å². The summed E-state index contributed by atoms with van der Waals surface area (Å²) in [6.45, 7) is 3.73. The molecule has 1 aliphatic rings. The highest BCUT2D eigenvalue weighted by atomic mass is 16.2. The van der Waals surface area contributed by atoms with Crippen LogP contribution in [0.15, 0.2) is 24.3 Å². The van der Waals surface area contributed by atoms with E-state index in [2.05, 4.69) is 5.32 Å². The van der Waals surface area contributed by atoms with Crippen LogP contribution in [-0.4, -0.2) is 29.8 Å². The highest BCUT2D eigenvalue weighted by Crippen LogP contribution is 2.13. The zero-order valence-electron chi connectivity index (χ0n) is 9.90. The smallest absolute Gasteiger partial charge is 0.253 e. The first-order valence-corrected chi connectivity index (χ1v) is 5.79. The van der Waals surface area contributed by atoms with E-state index in [0.717, 1.165) is 30.6 Å². The van der Waals surface area contributed by atoms with E-state index in [9.17, 15) is 9.59 Å². The van der Waals surface area contributed by atoms with Crippen molar-refractivity contribution in [1.29, 1.82) is 0 Å². The quantitative estimate of drug-likeness (QED) is 0.850. The average Bonchev–Trinajstić information content (AvgIpc) is 2.24. The summed E-state index contributed by atoms with van der Waals surface area (Å²) in [5.41, 5.74) is 1.72. The zero-order chi connectivity index (χ0) is 12.3. The molecular formula is C13H16N2O2. The van der Waals surface area contributed by atoms with Crippen LogP contribution in [-0.2, 0) is 11.3 Å². The van der Waals surface area contributed by atoms with Gasteiger partial charge in [-0.3, -0.25) is 9.59 Å². The van der Waals surface area contributed by atoms with Gasteiger partial charge in [0.2, 0.25) is 5.91 Å². The summed E-state index contributed by atoms with van der Waals surface area (Å²) in [6, 6.07) is 7.39. The highest BCUT2D eigenvalue weighted by molar-refractivity contribution is 5.94. The second-order valence-electron chi connectivity index (χ2n) is 4.25. The average molecular weight is 232 g/mol. The Morgan fingerprint density at radius 3 is 2.35 bits per heavy atom. The number of nitrogens with one attached hydrogen (secondary N) is 1. The Bertz CT molecular complexity index is 422. The lowest BCUT2D eigenvalue weighted by Crippen LogP contribution is -2.41. The standard InChI is InChI=1S/C13H16N2O2/c1-10(16)14-9-11-3-5-12(6-4-11)13(17)15-7-2-8-15/h3-6H,2,7-9H2,1H3,(H,14,16). The van der Waals surface area contributed by atoms with Crippen LogP contribution >= 0.6 is 0 Å². The molecule has 0 atom stereocenters. The van der Waals surface area contributed by atoms with E-state index in [1.165, 1.54) is 6.92 Å². The van der Waals surface area contributed by atoms with Crippen LogP contribution in [0.4, 0.5) is 0 Å². The maximum Gasteiger partial charge on any atom is 0.253 e.